The number of rotatable bonds is 3. The molecule has 2 nitrogen and oxygen atoms in total. The minimum Gasteiger partial charge on any atom is -0.211 e. The molecule has 1 rings (SSSR count). The second-order valence-electron chi connectivity index (χ2n) is 3.54. The van der Waals surface area contributed by atoms with E-state index in [2.05, 4.69) is 20.9 Å². The van der Waals surface area contributed by atoms with Crippen LogP contribution in [0.4, 0.5) is 4.39 Å². The molecule has 0 heterocycles. The molecule has 0 fully saturated rings. The summed E-state index contributed by atoms with van der Waals surface area (Å²) in [6, 6.07) is 3.35. The van der Waals surface area contributed by atoms with Gasteiger partial charge in [0.05, 0.1) is 11.0 Å². The third-order valence-electron chi connectivity index (χ3n) is 2.06. The Hall–Kier alpha value is -0.990. The maximum atomic E-state index is 13.6. The fourth-order valence-electron chi connectivity index (χ4n) is 1.30. The van der Waals surface area contributed by atoms with Gasteiger partial charge in [-0.25, -0.2) is 14.2 Å². The van der Waals surface area contributed by atoms with Crippen molar-refractivity contribution in [1.29, 1.82) is 0 Å². The van der Waals surface area contributed by atoms with Crippen LogP contribution in [-0.2, 0) is 11.3 Å². The summed E-state index contributed by atoms with van der Waals surface area (Å²) in [5.74, 6) is -0.148. The van der Waals surface area contributed by atoms with Crippen LogP contribution in [0.5, 0.6) is 0 Å². The van der Waals surface area contributed by atoms with Crippen molar-refractivity contribution in [3.8, 4) is 0 Å². The van der Waals surface area contributed by atoms with Gasteiger partial charge in [0, 0.05) is 0 Å². The Labute approximate surface area is 96.3 Å². The van der Waals surface area contributed by atoms with Crippen molar-refractivity contribution in [2.75, 3.05) is 0 Å². The van der Waals surface area contributed by atoms with E-state index >= 15 is 0 Å². The fourth-order valence-corrected chi connectivity index (χ4v) is 1.83. The van der Waals surface area contributed by atoms with E-state index in [-0.39, 0.29) is 18.3 Å². The number of nitrogens with zero attached hydrogens (tertiary/aromatic N) is 1. The molecule has 0 saturated heterocycles. The SMILES string of the molecule is CC(C)c1cc(CN=C=O)cc(Br)c1F. The molecule has 0 spiro atoms. The molecule has 0 aliphatic carbocycles. The molecule has 0 amide bonds. The molecule has 80 valence electrons. The normalized spacial score (nSPS) is 10.2. The van der Waals surface area contributed by atoms with Crippen molar-refractivity contribution in [2.24, 2.45) is 4.99 Å². The molecule has 0 bridgehead atoms. The topological polar surface area (TPSA) is 29.4 Å². The number of hydrogen-bond donors (Lipinski definition) is 0. The summed E-state index contributed by atoms with van der Waals surface area (Å²) < 4.78 is 14.0. The van der Waals surface area contributed by atoms with Crippen LogP contribution in [0.3, 0.4) is 0 Å². The maximum Gasteiger partial charge on any atom is 0.235 e. The first kappa shape index (κ1) is 12.1. The molecule has 0 aliphatic heterocycles. The van der Waals surface area contributed by atoms with Gasteiger partial charge in [0.1, 0.15) is 5.82 Å². The number of carbonyl (C=O) groups excluding carboxylic acids is 1. The highest BCUT2D eigenvalue weighted by molar-refractivity contribution is 9.10. The van der Waals surface area contributed by atoms with Crippen molar-refractivity contribution in [3.05, 3.63) is 33.5 Å². The van der Waals surface area contributed by atoms with Crippen LogP contribution in [0.1, 0.15) is 30.9 Å². The van der Waals surface area contributed by atoms with Gasteiger partial charge in [0.2, 0.25) is 6.08 Å². The lowest BCUT2D eigenvalue weighted by Gasteiger charge is -2.10. The molecule has 1 aromatic rings. The zero-order valence-corrected chi connectivity index (χ0v) is 10.1. The molecular formula is C11H11BrFNO. The molecular weight excluding hydrogens is 261 g/mol. The van der Waals surface area contributed by atoms with E-state index in [0.717, 1.165) is 5.56 Å². The van der Waals surface area contributed by atoms with Crippen LogP contribution >= 0.6 is 15.9 Å². The second kappa shape index (κ2) is 5.19. The molecule has 1 aromatic carbocycles. The fraction of sp³-hybridized carbons (Fsp3) is 0.364. The minimum atomic E-state index is -0.246. The molecule has 15 heavy (non-hydrogen) atoms. The lowest BCUT2D eigenvalue weighted by Crippen LogP contribution is -1.96. The number of hydrogen-bond acceptors (Lipinski definition) is 2. The van der Waals surface area contributed by atoms with Crippen LogP contribution in [0.2, 0.25) is 0 Å². The third kappa shape index (κ3) is 2.98. The van der Waals surface area contributed by atoms with Gasteiger partial charge in [0.25, 0.3) is 0 Å². The second-order valence-corrected chi connectivity index (χ2v) is 4.40. The average molecular weight is 272 g/mol. The Bertz CT molecular complexity index is 411. The summed E-state index contributed by atoms with van der Waals surface area (Å²) in [6.45, 7) is 4.07. The molecule has 0 saturated carbocycles. The number of isocyanates is 1. The van der Waals surface area contributed by atoms with Gasteiger partial charge in [-0.1, -0.05) is 19.9 Å². The summed E-state index contributed by atoms with van der Waals surface area (Å²) in [4.78, 5) is 13.4. The van der Waals surface area contributed by atoms with Crippen molar-refractivity contribution >= 4 is 22.0 Å². The Balaban J connectivity index is 3.16. The Morgan fingerprint density at radius 2 is 2.20 bits per heavy atom. The molecule has 0 atom stereocenters. The first-order valence-electron chi connectivity index (χ1n) is 4.57. The average Bonchev–Trinajstić information content (AvgIpc) is 2.19. The summed E-state index contributed by atoms with van der Waals surface area (Å²) in [5, 5.41) is 0. The molecule has 4 heteroatoms. The van der Waals surface area contributed by atoms with Gasteiger partial charge in [-0.2, -0.15) is 0 Å². The lowest BCUT2D eigenvalue weighted by molar-refractivity contribution is 0.562. The first-order valence-corrected chi connectivity index (χ1v) is 5.37. The van der Waals surface area contributed by atoms with E-state index in [1.165, 1.54) is 6.08 Å². The largest absolute Gasteiger partial charge is 0.235 e. The molecule has 0 aromatic heterocycles. The van der Waals surface area contributed by atoms with Gasteiger partial charge in [0.15, 0.2) is 0 Å². The van der Waals surface area contributed by atoms with Crippen molar-refractivity contribution in [3.63, 3.8) is 0 Å². The lowest BCUT2D eigenvalue weighted by atomic mass is 10.0. The summed E-state index contributed by atoms with van der Waals surface area (Å²) in [7, 11) is 0. The molecule has 0 radical (unpaired) electrons. The minimum absolute atomic E-state index is 0.0986. The zero-order chi connectivity index (χ0) is 11.4. The summed E-state index contributed by atoms with van der Waals surface area (Å²) in [5.41, 5.74) is 1.43. The predicted octanol–water partition coefficient (Wildman–Crippen LogP) is 3.55. The van der Waals surface area contributed by atoms with Gasteiger partial charge >= 0.3 is 0 Å². The highest BCUT2D eigenvalue weighted by Gasteiger charge is 2.11. The van der Waals surface area contributed by atoms with Crippen LogP contribution in [-0.4, -0.2) is 6.08 Å². The number of halogens is 2. The van der Waals surface area contributed by atoms with E-state index in [1.807, 2.05) is 13.8 Å². The monoisotopic (exact) mass is 271 g/mol. The van der Waals surface area contributed by atoms with E-state index in [4.69, 9.17) is 0 Å². The summed E-state index contributed by atoms with van der Waals surface area (Å²) in [6.07, 6.45) is 1.46. The van der Waals surface area contributed by atoms with Crippen LogP contribution in [0.15, 0.2) is 21.6 Å². The zero-order valence-electron chi connectivity index (χ0n) is 8.55. The predicted molar refractivity (Wildman–Crippen MR) is 60.0 cm³/mol. The van der Waals surface area contributed by atoms with Crippen LogP contribution in [0, 0.1) is 5.82 Å². The maximum absolute atomic E-state index is 13.6. The van der Waals surface area contributed by atoms with Crippen molar-refractivity contribution in [2.45, 2.75) is 26.3 Å². The van der Waals surface area contributed by atoms with Gasteiger partial charge < -0.3 is 0 Å². The van der Waals surface area contributed by atoms with E-state index in [0.29, 0.717) is 10.0 Å². The number of aliphatic imine (C=N–C) groups is 1. The molecule has 0 unspecified atom stereocenters. The van der Waals surface area contributed by atoms with Gasteiger partial charge in [-0.15, -0.1) is 0 Å². The van der Waals surface area contributed by atoms with E-state index < -0.39 is 0 Å². The number of benzene rings is 1. The van der Waals surface area contributed by atoms with Gasteiger partial charge in [-0.3, -0.25) is 0 Å². The molecule has 0 aliphatic rings. The summed E-state index contributed by atoms with van der Waals surface area (Å²) >= 11 is 3.14. The standard InChI is InChI=1S/C11H11BrFNO/c1-7(2)9-3-8(5-14-6-15)4-10(12)11(9)13/h3-4,7H,5H2,1-2H3. The Kier molecular flexibility index (Phi) is 4.18. The third-order valence-corrected chi connectivity index (χ3v) is 2.64. The van der Waals surface area contributed by atoms with Crippen LogP contribution < -0.4 is 0 Å². The highest BCUT2D eigenvalue weighted by Crippen LogP contribution is 2.27. The van der Waals surface area contributed by atoms with E-state index in [1.54, 1.807) is 12.1 Å². The van der Waals surface area contributed by atoms with Gasteiger partial charge in [-0.05, 0) is 39.0 Å². The van der Waals surface area contributed by atoms with Crippen molar-refractivity contribution in [1.82, 2.24) is 0 Å². The Morgan fingerprint density at radius 1 is 1.53 bits per heavy atom. The van der Waals surface area contributed by atoms with E-state index in [9.17, 15) is 9.18 Å². The first-order chi connectivity index (χ1) is 7.06. The van der Waals surface area contributed by atoms with Crippen LogP contribution in [0.25, 0.3) is 0 Å². The quantitative estimate of drug-likeness (QED) is 0.611. The Morgan fingerprint density at radius 3 is 2.73 bits per heavy atom. The van der Waals surface area contributed by atoms with Crippen molar-refractivity contribution < 1.29 is 9.18 Å². The molecule has 0 N–H and O–H groups in total. The highest BCUT2D eigenvalue weighted by atomic mass is 79.9. The smallest absolute Gasteiger partial charge is 0.211 e.